The average Bonchev–Trinajstić information content (AvgIpc) is 3.09. The van der Waals surface area contributed by atoms with Gasteiger partial charge in [0, 0.05) is 18.4 Å². The molecular formula is C19H28N2O3. The molecule has 0 aliphatic heterocycles. The number of hydrogen-bond donors (Lipinski definition) is 3. The van der Waals surface area contributed by atoms with Crippen LogP contribution < -0.4 is 10.6 Å². The summed E-state index contributed by atoms with van der Waals surface area (Å²) in [5, 5.41) is 15.3. The molecule has 2 unspecified atom stereocenters. The van der Waals surface area contributed by atoms with E-state index in [-0.39, 0.29) is 42.8 Å². The number of carbonyl (C=O) groups is 2. The highest BCUT2D eigenvalue weighted by Crippen LogP contribution is 2.24. The lowest BCUT2D eigenvalue weighted by molar-refractivity contribution is -0.126. The number of aliphatic hydroxyl groups is 1. The smallest absolute Gasteiger partial charge is 0.223 e. The first-order valence-corrected chi connectivity index (χ1v) is 8.83. The fourth-order valence-corrected chi connectivity index (χ4v) is 3.22. The van der Waals surface area contributed by atoms with Gasteiger partial charge >= 0.3 is 0 Å². The van der Waals surface area contributed by atoms with Gasteiger partial charge in [-0.15, -0.1) is 0 Å². The molecule has 1 aromatic rings. The summed E-state index contributed by atoms with van der Waals surface area (Å²) in [6.07, 6.45) is 4.95. The molecule has 0 saturated heterocycles. The largest absolute Gasteiger partial charge is 0.394 e. The number of hydrogen-bond acceptors (Lipinski definition) is 3. The summed E-state index contributed by atoms with van der Waals surface area (Å²) in [6.45, 7) is 1.74. The van der Waals surface area contributed by atoms with Crippen LogP contribution >= 0.6 is 0 Å². The van der Waals surface area contributed by atoms with E-state index in [1.54, 1.807) is 0 Å². The predicted octanol–water partition coefficient (Wildman–Crippen LogP) is 1.79. The van der Waals surface area contributed by atoms with Gasteiger partial charge in [-0.2, -0.15) is 0 Å². The van der Waals surface area contributed by atoms with Gasteiger partial charge in [-0.05, 0) is 31.7 Å². The Labute approximate surface area is 143 Å². The van der Waals surface area contributed by atoms with Gasteiger partial charge < -0.3 is 15.7 Å². The number of nitrogens with one attached hydrogen (secondary N) is 2. The number of carbonyl (C=O) groups excluding carboxylic acids is 2. The molecule has 24 heavy (non-hydrogen) atoms. The summed E-state index contributed by atoms with van der Waals surface area (Å²) in [7, 11) is 0. The van der Waals surface area contributed by atoms with Gasteiger partial charge in [0.2, 0.25) is 11.8 Å². The van der Waals surface area contributed by atoms with Crippen molar-refractivity contribution in [2.75, 3.05) is 6.61 Å². The monoisotopic (exact) mass is 332 g/mol. The summed E-state index contributed by atoms with van der Waals surface area (Å²) < 4.78 is 0. The molecule has 0 heterocycles. The molecule has 0 spiro atoms. The van der Waals surface area contributed by atoms with Crippen LogP contribution in [0.5, 0.6) is 0 Å². The first-order valence-electron chi connectivity index (χ1n) is 8.83. The molecule has 1 saturated carbocycles. The highest BCUT2D eigenvalue weighted by molar-refractivity contribution is 5.81. The van der Waals surface area contributed by atoms with Gasteiger partial charge in [-0.25, -0.2) is 0 Å². The number of rotatable bonds is 8. The number of aliphatic hydroxyl groups excluding tert-OH is 1. The maximum Gasteiger partial charge on any atom is 0.223 e. The maximum absolute atomic E-state index is 12.1. The van der Waals surface area contributed by atoms with E-state index in [1.807, 2.05) is 37.3 Å². The molecule has 5 heteroatoms. The van der Waals surface area contributed by atoms with E-state index < -0.39 is 0 Å². The Morgan fingerprint density at radius 1 is 1.17 bits per heavy atom. The van der Waals surface area contributed by atoms with Crippen molar-refractivity contribution >= 4 is 11.8 Å². The minimum absolute atomic E-state index is 0.0655. The zero-order valence-electron chi connectivity index (χ0n) is 14.3. The van der Waals surface area contributed by atoms with E-state index in [1.165, 1.54) is 0 Å². The minimum atomic E-state index is -0.308. The quantitative estimate of drug-likeness (QED) is 0.679. The molecule has 0 aromatic heterocycles. The van der Waals surface area contributed by atoms with E-state index in [0.717, 1.165) is 31.2 Å². The Kier molecular flexibility index (Phi) is 7.25. The van der Waals surface area contributed by atoms with Crippen molar-refractivity contribution in [2.24, 2.45) is 5.92 Å². The Balaban J connectivity index is 1.74. The van der Waals surface area contributed by atoms with E-state index in [9.17, 15) is 14.7 Å². The van der Waals surface area contributed by atoms with Crippen LogP contribution in [0.15, 0.2) is 30.3 Å². The summed E-state index contributed by atoms with van der Waals surface area (Å²) >= 11 is 0. The van der Waals surface area contributed by atoms with Crippen molar-refractivity contribution in [3.63, 3.8) is 0 Å². The molecule has 132 valence electrons. The van der Waals surface area contributed by atoms with Gasteiger partial charge in [-0.1, -0.05) is 43.2 Å². The lowest BCUT2D eigenvalue weighted by Gasteiger charge is -2.20. The lowest BCUT2D eigenvalue weighted by Crippen LogP contribution is -2.43. The van der Waals surface area contributed by atoms with Crippen LogP contribution in [0.4, 0.5) is 0 Å². The first kappa shape index (κ1) is 18.5. The van der Waals surface area contributed by atoms with Crippen molar-refractivity contribution in [1.82, 2.24) is 10.6 Å². The molecule has 0 radical (unpaired) electrons. The Morgan fingerprint density at radius 3 is 2.46 bits per heavy atom. The number of benzene rings is 1. The SMILES string of the molecule is CC(CC(=O)NC(CO)Cc1ccccc1)NC(=O)C1CCCC1. The van der Waals surface area contributed by atoms with Crippen LogP contribution in [-0.2, 0) is 16.0 Å². The summed E-state index contributed by atoms with van der Waals surface area (Å²) in [6, 6.07) is 9.24. The Hall–Kier alpha value is -1.88. The van der Waals surface area contributed by atoms with Crippen molar-refractivity contribution < 1.29 is 14.7 Å². The van der Waals surface area contributed by atoms with Crippen LogP contribution in [0.3, 0.4) is 0 Å². The van der Waals surface area contributed by atoms with Crippen LogP contribution in [0.2, 0.25) is 0 Å². The van der Waals surface area contributed by atoms with Crippen LogP contribution in [0, 0.1) is 5.92 Å². The molecular weight excluding hydrogens is 304 g/mol. The topological polar surface area (TPSA) is 78.4 Å². The zero-order valence-corrected chi connectivity index (χ0v) is 14.3. The van der Waals surface area contributed by atoms with Gasteiger partial charge in [0.1, 0.15) is 0 Å². The molecule has 1 aliphatic carbocycles. The zero-order chi connectivity index (χ0) is 17.4. The molecule has 2 atom stereocenters. The number of amides is 2. The molecule has 0 bridgehead atoms. The van der Waals surface area contributed by atoms with Crippen LogP contribution in [-0.4, -0.2) is 35.6 Å². The summed E-state index contributed by atoms with van der Waals surface area (Å²) in [4.78, 5) is 24.2. The second-order valence-corrected chi connectivity index (χ2v) is 6.73. The van der Waals surface area contributed by atoms with E-state index in [4.69, 9.17) is 0 Å². The van der Waals surface area contributed by atoms with Gasteiger partial charge in [0.05, 0.1) is 12.6 Å². The fraction of sp³-hybridized carbons (Fsp3) is 0.579. The Morgan fingerprint density at radius 2 is 1.83 bits per heavy atom. The third kappa shape index (κ3) is 5.96. The average molecular weight is 332 g/mol. The molecule has 2 amide bonds. The molecule has 3 N–H and O–H groups in total. The molecule has 1 fully saturated rings. The summed E-state index contributed by atoms with van der Waals surface area (Å²) in [5.41, 5.74) is 1.07. The van der Waals surface area contributed by atoms with E-state index >= 15 is 0 Å². The molecule has 2 rings (SSSR count). The van der Waals surface area contributed by atoms with Crippen LogP contribution in [0.1, 0.15) is 44.6 Å². The van der Waals surface area contributed by atoms with Crippen molar-refractivity contribution in [3.8, 4) is 0 Å². The minimum Gasteiger partial charge on any atom is -0.394 e. The van der Waals surface area contributed by atoms with E-state index in [0.29, 0.717) is 6.42 Å². The molecule has 5 nitrogen and oxygen atoms in total. The lowest BCUT2D eigenvalue weighted by atomic mass is 10.1. The second-order valence-electron chi connectivity index (χ2n) is 6.73. The van der Waals surface area contributed by atoms with Gasteiger partial charge in [-0.3, -0.25) is 9.59 Å². The normalized spacial score (nSPS) is 17.2. The third-order valence-corrected chi connectivity index (χ3v) is 4.52. The van der Waals surface area contributed by atoms with Crippen molar-refractivity contribution in [1.29, 1.82) is 0 Å². The molecule has 1 aromatic carbocycles. The van der Waals surface area contributed by atoms with Gasteiger partial charge in [0.15, 0.2) is 0 Å². The standard InChI is InChI=1S/C19H28N2O3/c1-14(20-19(24)16-9-5-6-10-16)11-18(23)21-17(13-22)12-15-7-3-2-4-8-15/h2-4,7-8,14,16-17,22H,5-6,9-13H2,1H3,(H,20,24)(H,21,23). The summed E-state index contributed by atoms with van der Waals surface area (Å²) in [5.74, 6) is 0.0266. The fourth-order valence-electron chi connectivity index (χ4n) is 3.22. The first-order chi connectivity index (χ1) is 11.6. The highest BCUT2D eigenvalue weighted by Gasteiger charge is 2.24. The van der Waals surface area contributed by atoms with Crippen LogP contribution in [0.25, 0.3) is 0 Å². The Bertz CT molecular complexity index is 527. The van der Waals surface area contributed by atoms with Gasteiger partial charge in [0.25, 0.3) is 0 Å². The predicted molar refractivity (Wildman–Crippen MR) is 93.3 cm³/mol. The molecule has 1 aliphatic rings. The highest BCUT2D eigenvalue weighted by atomic mass is 16.3. The maximum atomic E-state index is 12.1. The third-order valence-electron chi connectivity index (χ3n) is 4.52. The van der Waals surface area contributed by atoms with Crippen molar-refractivity contribution in [3.05, 3.63) is 35.9 Å². The van der Waals surface area contributed by atoms with E-state index in [2.05, 4.69) is 10.6 Å². The second kappa shape index (κ2) is 9.42. The van der Waals surface area contributed by atoms with Crippen molar-refractivity contribution in [2.45, 2.75) is 57.5 Å².